The van der Waals surface area contributed by atoms with Gasteiger partial charge in [0.1, 0.15) is 11.6 Å². The van der Waals surface area contributed by atoms with Gasteiger partial charge in [-0.3, -0.25) is 14.7 Å². The number of nitrogens with zero attached hydrogens (tertiary/aromatic N) is 1. The molecule has 0 aliphatic heterocycles. The molecule has 1 heterocycles. The number of nitrogens with two attached hydrogens (primary N) is 1. The molecule has 0 saturated heterocycles. The average molecular weight is 288 g/mol. The molecule has 2 amide bonds. The number of hydrogen-bond acceptors (Lipinski definition) is 4. The van der Waals surface area contributed by atoms with E-state index in [1.165, 1.54) is 0 Å². The van der Waals surface area contributed by atoms with Crippen molar-refractivity contribution < 1.29 is 14.3 Å². The van der Waals surface area contributed by atoms with Crippen LogP contribution in [0.1, 0.15) is 22.8 Å². The minimum Gasteiger partial charge on any atom is -0.483 e. The van der Waals surface area contributed by atoms with Gasteiger partial charge >= 0.3 is 0 Å². The Morgan fingerprint density at radius 3 is 2.86 bits per heavy atom. The highest BCUT2D eigenvalue weighted by molar-refractivity contribution is 5.96. The number of amides is 2. The molecule has 2 rings (SSSR count). The fraction of sp³-hybridized carbons (Fsp3) is 0.214. The molecule has 0 fully saturated rings. The number of aryl methyl sites for hydroxylation is 1. The van der Waals surface area contributed by atoms with E-state index in [1.807, 2.05) is 6.92 Å². The highest BCUT2D eigenvalue weighted by Crippen LogP contribution is 2.17. The lowest BCUT2D eigenvalue weighted by Crippen LogP contribution is -2.22. The van der Waals surface area contributed by atoms with E-state index in [0.717, 1.165) is 12.0 Å². The largest absolute Gasteiger partial charge is 0.483 e. The van der Waals surface area contributed by atoms with Gasteiger partial charge in [-0.05, 0) is 18.6 Å². The quantitative estimate of drug-likeness (QED) is 0.738. The summed E-state index contributed by atoms with van der Waals surface area (Å²) >= 11 is 0. The van der Waals surface area contributed by atoms with Gasteiger partial charge in [-0.25, -0.2) is 0 Å². The average Bonchev–Trinajstić information content (AvgIpc) is 2.92. The van der Waals surface area contributed by atoms with E-state index in [2.05, 4.69) is 15.5 Å². The van der Waals surface area contributed by atoms with Crippen LogP contribution in [0, 0.1) is 0 Å². The smallest absolute Gasteiger partial charge is 0.263 e. The minimum atomic E-state index is -0.604. The van der Waals surface area contributed by atoms with E-state index < -0.39 is 5.91 Å². The normalized spacial score (nSPS) is 10.1. The van der Waals surface area contributed by atoms with Crippen molar-refractivity contribution in [3.05, 3.63) is 41.6 Å². The van der Waals surface area contributed by atoms with Gasteiger partial charge in [-0.1, -0.05) is 19.1 Å². The number of hydrogen-bond donors (Lipinski definition) is 3. The molecule has 0 spiro atoms. The van der Waals surface area contributed by atoms with Crippen molar-refractivity contribution in [2.45, 2.75) is 13.3 Å². The van der Waals surface area contributed by atoms with Gasteiger partial charge in [-0.2, -0.15) is 5.10 Å². The van der Waals surface area contributed by atoms with Crippen LogP contribution in [-0.2, 0) is 11.2 Å². The lowest BCUT2D eigenvalue weighted by atomic mass is 10.2. The Bertz CT molecular complexity index is 651. The number of benzene rings is 1. The number of carbonyl (C=O) groups excluding carboxylic acids is 2. The van der Waals surface area contributed by atoms with Crippen LogP contribution in [0.5, 0.6) is 5.75 Å². The van der Waals surface area contributed by atoms with Crippen LogP contribution >= 0.6 is 0 Å². The molecule has 2 aromatic rings. The molecular formula is C14H16N4O3. The second kappa shape index (κ2) is 6.56. The van der Waals surface area contributed by atoms with Crippen molar-refractivity contribution in [2.75, 3.05) is 11.9 Å². The zero-order chi connectivity index (χ0) is 15.2. The zero-order valence-electron chi connectivity index (χ0n) is 11.6. The van der Waals surface area contributed by atoms with Crippen molar-refractivity contribution in [2.24, 2.45) is 5.73 Å². The highest BCUT2D eigenvalue weighted by Gasteiger charge is 2.12. The third-order valence-electron chi connectivity index (χ3n) is 2.87. The molecule has 0 atom stereocenters. The monoisotopic (exact) mass is 288 g/mol. The van der Waals surface area contributed by atoms with Crippen LogP contribution in [0.15, 0.2) is 30.5 Å². The zero-order valence-corrected chi connectivity index (χ0v) is 11.6. The fourth-order valence-electron chi connectivity index (χ4n) is 1.80. The SMILES string of the molecule is CCc1cn[nH]c1NC(=O)COc1ccccc1C(N)=O. The third kappa shape index (κ3) is 3.59. The maximum Gasteiger partial charge on any atom is 0.263 e. The Morgan fingerprint density at radius 2 is 2.14 bits per heavy atom. The summed E-state index contributed by atoms with van der Waals surface area (Å²) in [4.78, 5) is 23.1. The van der Waals surface area contributed by atoms with Crippen molar-refractivity contribution in [1.29, 1.82) is 0 Å². The Morgan fingerprint density at radius 1 is 1.38 bits per heavy atom. The molecule has 0 aliphatic rings. The predicted octanol–water partition coefficient (Wildman–Crippen LogP) is 1.09. The lowest BCUT2D eigenvalue weighted by molar-refractivity contribution is -0.118. The van der Waals surface area contributed by atoms with Crippen LogP contribution in [0.2, 0.25) is 0 Å². The summed E-state index contributed by atoms with van der Waals surface area (Å²) in [6.07, 6.45) is 2.40. The first kappa shape index (κ1) is 14.6. The summed E-state index contributed by atoms with van der Waals surface area (Å²) in [6, 6.07) is 6.50. The van der Waals surface area contributed by atoms with Crippen molar-refractivity contribution in [1.82, 2.24) is 10.2 Å². The maximum absolute atomic E-state index is 11.8. The summed E-state index contributed by atoms with van der Waals surface area (Å²) < 4.78 is 5.34. The summed E-state index contributed by atoms with van der Waals surface area (Å²) in [7, 11) is 0. The Labute approximate surface area is 121 Å². The second-order valence-electron chi connectivity index (χ2n) is 4.32. The molecule has 0 saturated carbocycles. The Balaban J connectivity index is 1.97. The summed E-state index contributed by atoms with van der Waals surface area (Å²) in [6.45, 7) is 1.73. The van der Waals surface area contributed by atoms with Gasteiger partial charge in [0.15, 0.2) is 6.61 Å². The maximum atomic E-state index is 11.8. The number of ether oxygens (including phenoxy) is 1. The standard InChI is InChI=1S/C14H16N4O3/c1-2-9-7-16-18-14(9)17-12(19)8-21-11-6-4-3-5-10(11)13(15)20/h3-7H,2,8H2,1H3,(H2,15,20)(H2,16,17,18,19). The van der Waals surface area contributed by atoms with Gasteiger partial charge in [0.2, 0.25) is 0 Å². The number of rotatable bonds is 6. The van der Waals surface area contributed by atoms with E-state index >= 15 is 0 Å². The Hall–Kier alpha value is -2.83. The highest BCUT2D eigenvalue weighted by atomic mass is 16.5. The van der Waals surface area contributed by atoms with Gasteiger partial charge in [0, 0.05) is 5.56 Å². The van der Waals surface area contributed by atoms with Crippen LogP contribution < -0.4 is 15.8 Å². The molecule has 0 radical (unpaired) electrons. The Kier molecular flexibility index (Phi) is 4.55. The van der Waals surface area contributed by atoms with Crippen LogP contribution in [0.25, 0.3) is 0 Å². The van der Waals surface area contributed by atoms with Crippen molar-refractivity contribution >= 4 is 17.6 Å². The van der Waals surface area contributed by atoms with Crippen molar-refractivity contribution in [3.63, 3.8) is 0 Å². The third-order valence-corrected chi connectivity index (χ3v) is 2.87. The first-order valence-electron chi connectivity index (χ1n) is 6.45. The van der Waals surface area contributed by atoms with E-state index in [-0.39, 0.29) is 23.8 Å². The van der Waals surface area contributed by atoms with Gasteiger partial charge < -0.3 is 15.8 Å². The van der Waals surface area contributed by atoms with Crippen LogP contribution in [-0.4, -0.2) is 28.6 Å². The summed E-state index contributed by atoms with van der Waals surface area (Å²) in [5.41, 5.74) is 6.38. The van der Waals surface area contributed by atoms with E-state index in [9.17, 15) is 9.59 Å². The van der Waals surface area contributed by atoms with Crippen LogP contribution in [0.4, 0.5) is 5.82 Å². The molecule has 1 aromatic heterocycles. The number of H-pyrrole nitrogens is 1. The number of nitrogens with one attached hydrogen (secondary N) is 2. The van der Waals surface area contributed by atoms with E-state index in [4.69, 9.17) is 10.5 Å². The predicted molar refractivity (Wildman–Crippen MR) is 77.1 cm³/mol. The summed E-state index contributed by atoms with van der Waals surface area (Å²) in [5, 5.41) is 9.23. The van der Waals surface area contributed by atoms with Crippen LogP contribution in [0.3, 0.4) is 0 Å². The molecule has 7 heteroatoms. The molecule has 4 N–H and O–H groups in total. The topological polar surface area (TPSA) is 110 Å². The fourth-order valence-corrected chi connectivity index (χ4v) is 1.80. The molecule has 1 aromatic carbocycles. The molecule has 0 unspecified atom stereocenters. The van der Waals surface area contributed by atoms with Gasteiger partial charge in [0.25, 0.3) is 11.8 Å². The first-order chi connectivity index (χ1) is 10.1. The van der Waals surface area contributed by atoms with Gasteiger partial charge in [0.05, 0.1) is 11.8 Å². The molecule has 7 nitrogen and oxygen atoms in total. The number of carbonyl (C=O) groups is 2. The lowest BCUT2D eigenvalue weighted by Gasteiger charge is -2.09. The minimum absolute atomic E-state index is 0.230. The number of para-hydroxylation sites is 1. The molecule has 21 heavy (non-hydrogen) atoms. The number of primary amides is 1. The second-order valence-corrected chi connectivity index (χ2v) is 4.32. The molecule has 0 bridgehead atoms. The van der Waals surface area contributed by atoms with E-state index in [1.54, 1.807) is 30.5 Å². The number of aromatic amines is 1. The summed E-state index contributed by atoms with van der Waals surface area (Å²) in [5.74, 6) is -0.129. The number of anilines is 1. The van der Waals surface area contributed by atoms with Gasteiger partial charge in [-0.15, -0.1) is 0 Å². The van der Waals surface area contributed by atoms with E-state index in [0.29, 0.717) is 5.82 Å². The molecule has 0 aliphatic carbocycles. The molecule has 110 valence electrons. The molecular weight excluding hydrogens is 272 g/mol. The van der Waals surface area contributed by atoms with Crippen molar-refractivity contribution in [3.8, 4) is 5.75 Å². The first-order valence-corrected chi connectivity index (χ1v) is 6.45. The number of aromatic nitrogens is 2.